The first kappa shape index (κ1) is 20.7. The van der Waals surface area contributed by atoms with E-state index in [4.69, 9.17) is 0 Å². The van der Waals surface area contributed by atoms with Gasteiger partial charge >= 0.3 is 0 Å². The predicted molar refractivity (Wildman–Crippen MR) is 116 cm³/mol. The Morgan fingerprint density at radius 2 is 1.94 bits per heavy atom. The molecule has 0 unspecified atom stereocenters. The van der Waals surface area contributed by atoms with Gasteiger partial charge in [0.15, 0.2) is 5.82 Å². The van der Waals surface area contributed by atoms with Gasteiger partial charge in [-0.15, -0.1) is 0 Å². The number of rotatable bonds is 5. The van der Waals surface area contributed by atoms with E-state index in [1.807, 2.05) is 35.2 Å². The van der Waals surface area contributed by atoms with E-state index in [0.717, 1.165) is 24.8 Å². The zero-order chi connectivity index (χ0) is 21.6. The fourth-order valence-electron chi connectivity index (χ4n) is 3.84. The van der Waals surface area contributed by atoms with Gasteiger partial charge < -0.3 is 10.2 Å². The fourth-order valence-corrected chi connectivity index (χ4v) is 3.84. The van der Waals surface area contributed by atoms with Crippen LogP contribution >= 0.6 is 0 Å². The van der Waals surface area contributed by atoms with Crippen molar-refractivity contribution in [3.8, 4) is 0 Å². The standard InChI is InChI=1S/C24H25N5O2/c1-17-20(23(30)27-14-18-8-3-2-4-9-18)16-26-22(28-17)21-11-5-6-13-29(21)24(31)19-10-7-12-25-15-19/h2-4,7-10,12,15-16,21H,5-6,11,13-14H2,1H3,(H,27,30)/t21-/m0/s1. The van der Waals surface area contributed by atoms with Crippen molar-refractivity contribution in [1.82, 2.24) is 25.2 Å². The van der Waals surface area contributed by atoms with Crippen LogP contribution in [0.25, 0.3) is 0 Å². The molecule has 1 saturated heterocycles. The third kappa shape index (κ3) is 4.77. The molecule has 3 aromatic rings. The Labute approximate surface area is 181 Å². The number of nitrogens with zero attached hydrogens (tertiary/aromatic N) is 4. The highest BCUT2D eigenvalue weighted by atomic mass is 16.2. The number of hydrogen-bond acceptors (Lipinski definition) is 5. The number of amides is 2. The van der Waals surface area contributed by atoms with Crippen LogP contribution in [0.2, 0.25) is 0 Å². The van der Waals surface area contributed by atoms with Gasteiger partial charge in [0.2, 0.25) is 0 Å². The Morgan fingerprint density at radius 3 is 2.68 bits per heavy atom. The Morgan fingerprint density at radius 1 is 1.10 bits per heavy atom. The van der Waals surface area contributed by atoms with E-state index in [2.05, 4.69) is 20.3 Å². The lowest BCUT2D eigenvalue weighted by atomic mass is 10.00. The second-order valence-electron chi connectivity index (χ2n) is 7.65. The lowest BCUT2D eigenvalue weighted by molar-refractivity contribution is 0.0598. The average Bonchev–Trinajstić information content (AvgIpc) is 2.83. The van der Waals surface area contributed by atoms with Gasteiger partial charge in [-0.1, -0.05) is 30.3 Å². The van der Waals surface area contributed by atoms with Gasteiger partial charge in [0.1, 0.15) is 0 Å². The van der Waals surface area contributed by atoms with Gasteiger partial charge in [0.25, 0.3) is 11.8 Å². The third-order valence-electron chi connectivity index (χ3n) is 5.51. The van der Waals surface area contributed by atoms with E-state index in [-0.39, 0.29) is 17.9 Å². The Bertz CT molecular complexity index is 1060. The summed E-state index contributed by atoms with van der Waals surface area (Å²) >= 11 is 0. The number of pyridine rings is 1. The van der Waals surface area contributed by atoms with E-state index in [1.165, 1.54) is 0 Å². The molecule has 7 heteroatoms. The summed E-state index contributed by atoms with van der Waals surface area (Å²) in [5, 5.41) is 2.91. The maximum Gasteiger partial charge on any atom is 0.256 e. The number of aromatic nitrogens is 3. The Hall–Kier alpha value is -3.61. The second-order valence-corrected chi connectivity index (χ2v) is 7.65. The molecule has 3 heterocycles. The molecule has 7 nitrogen and oxygen atoms in total. The largest absolute Gasteiger partial charge is 0.348 e. The number of piperidine rings is 1. The molecule has 158 valence electrons. The van der Waals surface area contributed by atoms with E-state index in [9.17, 15) is 9.59 Å². The molecular weight excluding hydrogens is 390 g/mol. The first-order valence-electron chi connectivity index (χ1n) is 10.5. The highest BCUT2D eigenvalue weighted by Crippen LogP contribution is 2.30. The van der Waals surface area contributed by atoms with Crippen molar-refractivity contribution in [2.24, 2.45) is 0 Å². The molecule has 1 aromatic carbocycles. The zero-order valence-corrected chi connectivity index (χ0v) is 17.5. The Balaban J connectivity index is 1.50. The van der Waals surface area contributed by atoms with Gasteiger partial charge in [0, 0.05) is 31.7 Å². The van der Waals surface area contributed by atoms with Gasteiger partial charge in [-0.2, -0.15) is 0 Å². The van der Waals surface area contributed by atoms with E-state index in [0.29, 0.717) is 35.7 Å². The topological polar surface area (TPSA) is 88.1 Å². The van der Waals surface area contributed by atoms with Gasteiger partial charge in [0.05, 0.1) is 22.9 Å². The number of carbonyl (C=O) groups excluding carboxylic acids is 2. The molecule has 1 aliphatic rings. The fraction of sp³-hybridized carbons (Fsp3) is 0.292. The number of hydrogen-bond donors (Lipinski definition) is 1. The summed E-state index contributed by atoms with van der Waals surface area (Å²) in [5.41, 5.74) is 2.64. The summed E-state index contributed by atoms with van der Waals surface area (Å²) < 4.78 is 0. The third-order valence-corrected chi connectivity index (χ3v) is 5.51. The molecule has 4 rings (SSSR count). The van der Waals surface area contributed by atoms with Crippen LogP contribution in [0.15, 0.2) is 61.1 Å². The summed E-state index contributed by atoms with van der Waals surface area (Å²) in [5.74, 6) is 0.303. The summed E-state index contributed by atoms with van der Waals surface area (Å²) in [4.78, 5) is 40.6. The van der Waals surface area contributed by atoms with Crippen LogP contribution in [-0.2, 0) is 6.54 Å². The first-order chi connectivity index (χ1) is 15.1. The van der Waals surface area contributed by atoms with Crippen LogP contribution in [0.3, 0.4) is 0 Å². The van der Waals surface area contributed by atoms with Crippen molar-refractivity contribution in [3.63, 3.8) is 0 Å². The minimum absolute atomic E-state index is 0.0660. The number of nitrogens with one attached hydrogen (secondary N) is 1. The minimum atomic E-state index is -0.208. The SMILES string of the molecule is Cc1nc([C@@H]2CCCCN2C(=O)c2cccnc2)ncc1C(=O)NCc1ccccc1. The predicted octanol–water partition coefficient (Wildman–Crippen LogP) is 3.48. The van der Waals surface area contributed by atoms with Crippen LogP contribution in [-0.4, -0.2) is 38.2 Å². The van der Waals surface area contributed by atoms with Crippen molar-refractivity contribution in [2.75, 3.05) is 6.54 Å². The lowest BCUT2D eigenvalue weighted by Gasteiger charge is -2.34. The molecule has 2 amide bonds. The highest BCUT2D eigenvalue weighted by Gasteiger charge is 2.31. The zero-order valence-electron chi connectivity index (χ0n) is 17.5. The van der Waals surface area contributed by atoms with E-state index < -0.39 is 0 Å². The monoisotopic (exact) mass is 415 g/mol. The van der Waals surface area contributed by atoms with Crippen LogP contribution in [0.5, 0.6) is 0 Å². The highest BCUT2D eigenvalue weighted by molar-refractivity contribution is 5.95. The minimum Gasteiger partial charge on any atom is -0.348 e. The van der Waals surface area contributed by atoms with Crippen molar-refractivity contribution >= 4 is 11.8 Å². The molecule has 2 aromatic heterocycles. The van der Waals surface area contributed by atoms with Crippen molar-refractivity contribution in [3.05, 3.63) is 89.3 Å². The number of aryl methyl sites for hydroxylation is 1. The van der Waals surface area contributed by atoms with Crippen molar-refractivity contribution < 1.29 is 9.59 Å². The smallest absolute Gasteiger partial charge is 0.256 e. The number of carbonyl (C=O) groups is 2. The van der Waals surface area contributed by atoms with Gasteiger partial charge in [-0.3, -0.25) is 14.6 Å². The summed E-state index contributed by atoms with van der Waals surface area (Å²) in [6, 6.07) is 13.1. The van der Waals surface area contributed by atoms with E-state index >= 15 is 0 Å². The van der Waals surface area contributed by atoms with Crippen molar-refractivity contribution in [2.45, 2.75) is 38.8 Å². The molecule has 0 radical (unpaired) electrons. The molecule has 1 atom stereocenters. The molecule has 0 saturated carbocycles. The van der Waals surface area contributed by atoms with Crippen molar-refractivity contribution in [1.29, 1.82) is 0 Å². The van der Waals surface area contributed by atoms with E-state index in [1.54, 1.807) is 37.6 Å². The molecule has 1 N–H and O–H groups in total. The Kier molecular flexibility index (Phi) is 6.31. The summed E-state index contributed by atoms with van der Waals surface area (Å²) in [7, 11) is 0. The molecular formula is C24H25N5O2. The van der Waals surface area contributed by atoms with Crippen LogP contribution in [0.1, 0.15) is 63.1 Å². The second kappa shape index (κ2) is 9.47. The van der Waals surface area contributed by atoms with Crippen LogP contribution < -0.4 is 5.32 Å². The summed E-state index contributed by atoms with van der Waals surface area (Å²) in [6.07, 6.45) is 7.55. The maximum absolute atomic E-state index is 13.0. The normalized spacial score (nSPS) is 16.0. The number of likely N-dealkylation sites (tertiary alicyclic amines) is 1. The van der Waals surface area contributed by atoms with Gasteiger partial charge in [-0.25, -0.2) is 9.97 Å². The molecule has 1 aliphatic heterocycles. The van der Waals surface area contributed by atoms with Crippen LogP contribution in [0.4, 0.5) is 0 Å². The average molecular weight is 415 g/mol. The molecule has 0 spiro atoms. The quantitative estimate of drug-likeness (QED) is 0.689. The summed E-state index contributed by atoms with van der Waals surface area (Å²) in [6.45, 7) is 2.90. The maximum atomic E-state index is 13.0. The molecule has 0 aliphatic carbocycles. The van der Waals surface area contributed by atoms with Gasteiger partial charge in [-0.05, 0) is 43.9 Å². The molecule has 1 fully saturated rings. The lowest BCUT2D eigenvalue weighted by Crippen LogP contribution is -2.39. The molecule has 31 heavy (non-hydrogen) atoms. The first-order valence-corrected chi connectivity index (χ1v) is 10.5. The number of benzene rings is 1. The van der Waals surface area contributed by atoms with Crippen LogP contribution in [0, 0.1) is 6.92 Å². The molecule has 0 bridgehead atoms.